The first-order chi connectivity index (χ1) is 8.56. The van der Waals surface area contributed by atoms with Crippen LogP contribution in [0.3, 0.4) is 0 Å². The molecule has 1 heterocycles. The van der Waals surface area contributed by atoms with Gasteiger partial charge in [0.15, 0.2) is 4.67 Å². The first-order valence-corrected chi connectivity index (χ1v) is 6.99. The van der Waals surface area contributed by atoms with Crippen molar-refractivity contribution in [2.24, 2.45) is 5.41 Å². The number of rotatable bonds is 7. The number of amides is 1. The van der Waals surface area contributed by atoms with E-state index in [0.29, 0.717) is 23.2 Å². The molecule has 0 fully saturated rings. The minimum Gasteiger partial charge on any atom is -0.457 e. The Kier molecular flexibility index (Phi) is 5.88. The second kappa shape index (κ2) is 6.95. The lowest BCUT2D eigenvalue weighted by Crippen LogP contribution is -2.37. The third-order valence-electron chi connectivity index (χ3n) is 3.60. The molecule has 0 aliphatic heterocycles. The van der Waals surface area contributed by atoms with Gasteiger partial charge in [0.2, 0.25) is 0 Å². The standard InChI is InChI=1S/C13H20BrNO3/c1-3-13(4-2,5-6-16)9-15-12(17)10-7-11(14)18-8-10/h7-8,16H,3-6,9H2,1-2H3,(H,15,17). The van der Waals surface area contributed by atoms with Gasteiger partial charge in [-0.25, -0.2) is 0 Å². The highest BCUT2D eigenvalue weighted by atomic mass is 79.9. The summed E-state index contributed by atoms with van der Waals surface area (Å²) < 4.78 is 5.58. The maximum Gasteiger partial charge on any atom is 0.254 e. The molecule has 0 aliphatic carbocycles. The molecule has 5 heteroatoms. The molecule has 1 aromatic heterocycles. The molecule has 0 saturated heterocycles. The summed E-state index contributed by atoms with van der Waals surface area (Å²) in [7, 11) is 0. The Balaban J connectivity index is 2.59. The highest BCUT2D eigenvalue weighted by Gasteiger charge is 2.26. The summed E-state index contributed by atoms with van der Waals surface area (Å²) in [6, 6.07) is 1.64. The molecule has 0 aliphatic rings. The Morgan fingerprint density at radius 2 is 2.17 bits per heavy atom. The average Bonchev–Trinajstić information content (AvgIpc) is 2.81. The maximum atomic E-state index is 11.9. The van der Waals surface area contributed by atoms with Gasteiger partial charge in [0.25, 0.3) is 5.91 Å². The van der Waals surface area contributed by atoms with Crippen LogP contribution in [-0.4, -0.2) is 24.2 Å². The second-order valence-corrected chi connectivity index (χ2v) is 5.28. The topological polar surface area (TPSA) is 62.5 Å². The number of furan rings is 1. The zero-order chi connectivity index (χ0) is 13.6. The van der Waals surface area contributed by atoms with Crippen molar-refractivity contribution in [3.8, 4) is 0 Å². The molecule has 18 heavy (non-hydrogen) atoms. The number of halogens is 1. The van der Waals surface area contributed by atoms with Gasteiger partial charge in [-0.05, 0) is 40.6 Å². The van der Waals surface area contributed by atoms with Crippen LogP contribution in [0.15, 0.2) is 21.4 Å². The highest BCUT2D eigenvalue weighted by Crippen LogP contribution is 2.29. The molecule has 0 saturated carbocycles. The Hall–Kier alpha value is -0.810. The van der Waals surface area contributed by atoms with Crippen molar-refractivity contribution < 1.29 is 14.3 Å². The molecular weight excluding hydrogens is 298 g/mol. The normalized spacial score (nSPS) is 11.6. The molecule has 1 amide bonds. The van der Waals surface area contributed by atoms with E-state index < -0.39 is 0 Å². The number of aliphatic hydroxyl groups excluding tert-OH is 1. The van der Waals surface area contributed by atoms with Gasteiger partial charge in [-0.1, -0.05) is 13.8 Å². The third kappa shape index (κ3) is 3.85. The summed E-state index contributed by atoms with van der Waals surface area (Å²) in [6.07, 6.45) is 3.99. The maximum absolute atomic E-state index is 11.9. The van der Waals surface area contributed by atoms with Crippen molar-refractivity contribution in [1.82, 2.24) is 5.32 Å². The number of hydrogen-bond acceptors (Lipinski definition) is 3. The van der Waals surface area contributed by atoms with Crippen LogP contribution >= 0.6 is 15.9 Å². The van der Waals surface area contributed by atoms with Crippen molar-refractivity contribution in [3.05, 3.63) is 22.6 Å². The fourth-order valence-electron chi connectivity index (χ4n) is 1.98. The Morgan fingerprint density at radius 3 is 2.61 bits per heavy atom. The van der Waals surface area contributed by atoms with Gasteiger partial charge < -0.3 is 14.8 Å². The summed E-state index contributed by atoms with van der Waals surface area (Å²) in [5.74, 6) is -0.145. The molecule has 1 aromatic rings. The van der Waals surface area contributed by atoms with Gasteiger partial charge in [-0.15, -0.1) is 0 Å². The van der Waals surface area contributed by atoms with Crippen LogP contribution in [-0.2, 0) is 0 Å². The summed E-state index contributed by atoms with van der Waals surface area (Å²) in [5, 5.41) is 12.0. The van der Waals surface area contributed by atoms with Crippen molar-refractivity contribution in [2.45, 2.75) is 33.1 Å². The van der Waals surface area contributed by atoms with Crippen LogP contribution in [0.2, 0.25) is 0 Å². The number of aliphatic hydroxyl groups is 1. The monoisotopic (exact) mass is 317 g/mol. The quantitative estimate of drug-likeness (QED) is 0.812. The summed E-state index contributed by atoms with van der Waals surface area (Å²) in [4.78, 5) is 11.9. The van der Waals surface area contributed by atoms with Gasteiger partial charge in [-0.3, -0.25) is 4.79 Å². The summed E-state index contributed by atoms with van der Waals surface area (Å²) >= 11 is 3.16. The zero-order valence-corrected chi connectivity index (χ0v) is 12.4. The van der Waals surface area contributed by atoms with Crippen molar-refractivity contribution in [3.63, 3.8) is 0 Å². The van der Waals surface area contributed by atoms with Gasteiger partial charge in [0.1, 0.15) is 6.26 Å². The van der Waals surface area contributed by atoms with Crippen LogP contribution in [0, 0.1) is 5.41 Å². The number of carbonyl (C=O) groups excluding carboxylic acids is 1. The first-order valence-electron chi connectivity index (χ1n) is 6.20. The van der Waals surface area contributed by atoms with E-state index in [1.807, 2.05) is 0 Å². The molecular formula is C13H20BrNO3. The van der Waals surface area contributed by atoms with Crippen molar-refractivity contribution in [2.75, 3.05) is 13.2 Å². The van der Waals surface area contributed by atoms with E-state index >= 15 is 0 Å². The molecule has 0 bridgehead atoms. The fourth-order valence-corrected chi connectivity index (χ4v) is 2.32. The van der Waals surface area contributed by atoms with E-state index in [1.54, 1.807) is 6.07 Å². The highest BCUT2D eigenvalue weighted by molar-refractivity contribution is 9.10. The van der Waals surface area contributed by atoms with E-state index in [9.17, 15) is 4.79 Å². The van der Waals surface area contributed by atoms with Crippen LogP contribution in [0.5, 0.6) is 0 Å². The van der Waals surface area contributed by atoms with E-state index in [1.165, 1.54) is 6.26 Å². The van der Waals surface area contributed by atoms with Gasteiger partial charge in [0, 0.05) is 19.2 Å². The van der Waals surface area contributed by atoms with E-state index in [2.05, 4.69) is 35.1 Å². The number of carbonyl (C=O) groups is 1. The molecule has 0 radical (unpaired) electrons. The predicted octanol–water partition coefficient (Wildman–Crippen LogP) is 2.96. The second-order valence-electron chi connectivity index (χ2n) is 4.50. The fraction of sp³-hybridized carbons (Fsp3) is 0.615. The van der Waals surface area contributed by atoms with Crippen LogP contribution in [0.1, 0.15) is 43.5 Å². The SMILES string of the molecule is CCC(CC)(CCO)CNC(=O)c1coc(Br)c1. The minimum absolute atomic E-state index is 0.0224. The molecule has 0 aromatic carbocycles. The average molecular weight is 318 g/mol. The Bertz CT molecular complexity index is 385. The van der Waals surface area contributed by atoms with Crippen LogP contribution in [0.25, 0.3) is 0 Å². The van der Waals surface area contributed by atoms with Crippen LogP contribution in [0.4, 0.5) is 0 Å². The molecule has 0 unspecified atom stereocenters. The number of nitrogens with one attached hydrogen (secondary N) is 1. The minimum atomic E-state index is -0.145. The number of hydrogen-bond donors (Lipinski definition) is 2. The van der Waals surface area contributed by atoms with E-state index in [0.717, 1.165) is 12.8 Å². The third-order valence-corrected chi connectivity index (χ3v) is 4.01. The largest absolute Gasteiger partial charge is 0.457 e. The lowest BCUT2D eigenvalue weighted by Gasteiger charge is -2.31. The lowest BCUT2D eigenvalue weighted by molar-refractivity contribution is 0.0906. The van der Waals surface area contributed by atoms with Gasteiger partial charge in [-0.2, -0.15) is 0 Å². The Labute approximate surface area is 116 Å². The molecule has 1 rings (SSSR count). The van der Waals surface area contributed by atoms with Gasteiger partial charge in [0.05, 0.1) is 5.56 Å². The van der Waals surface area contributed by atoms with Crippen molar-refractivity contribution >= 4 is 21.8 Å². The molecule has 2 N–H and O–H groups in total. The predicted molar refractivity (Wildman–Crippen MR) is 73.5 cm³/mol. The van der Waals surface area contributed by atoms with E-state index in [4.69, 9.17) is 9.52 Å². The lowest BCUT2D eigenvalue weighted by atomic mass is 9.79. The molecule has 0 atom stereocenters. The Morgan fingerprint density at radius 1 is 1.50 bits per heavy atom. The first kappa shape index (κ1) is 15.2. The zero-order valence-electron chi connectivity index (χ0n) is 10.8. The molecule has 0 spiro atoms. The molecule has 4 nitrogen and oxygen atoms in total. The van der Waals surface area contributed by atoms with Gasteiger partial charge >= 0.3 is 0 Å². The summed E-state index contributed by atoms with van der Waals surface area (Å²) in [5.41, 5.74) is 0.484. The smallest absolute Gasteiger partial charge is 0.254 e. The molecule has 102 valence electrons. The van der Waals surface area contributed by atoms with Crippen LogP contribution < -0.4 is 5.32 Å². The van der Waals surface area contributed by atoms with Crippen molar-refractivity contribution in [1.29, 1.82) is 0 Å². The van der Waals surface area contributed by atoms with E-state index in [-0.39, 0.29) is 17.9 Å². The summed E-state index contributed by atoms with van der Waals surface area (Å²) in [6.45, 7) is 4.89.